The van der Waals surface area contributed by atoms with Crippen LogP contribution in [0.5, 0.6) is 0 Å². The van der Waals surface area contributed by atoms with Crippen LogP contribution in [0, 0.1) is 5.82 Å². The highest BCUT2D eigenvalue weighted by molar-refractivity contribution is 7.99. The van der Waals surface area contributed by atoms with Gasteiger partial charge in [-0.15, -0.1) is 10.2 Å². The highest BCUT2D eigenvalue weighted by atomic mass is 32.2. The largest absolute Gasteiger partial charge is 0.416 e. The van der Waals surface area contributed by atoms with Crippen molar-refractivity contribution in [1.29, 1.82) is 0 Å². The first-order chi connectivity index (χ1) is 20.6. The second-order valence-corrected chi connectivity index (χ2v) is 11.2. The Morgan fingerprint density at radius 1 is 0.953 bits per heavy atom. The van der Waals surface area contributed by atoms with Gasteiger partial charge in [0, 0.05) is 43.4 Å². The predicted molar refractivity (Wildman–Crippen MR) is 155 cm³/mol. The smallest absolute Gasteiger partial charge is 0.339 e. The molecule has 0 N–H and O–H groups in total. The van der Waals surface area contributed by atoms with E-state index in [-0.39, 0.29) is 29.6 Å². The molecule has 0 aliphatic carbocycles. The Labute approximate surface area is 250 Å². The van der Waals surface area contributed by atoms with Crippen molar-refractivity contribution >= 4 is 23.6 Å². The number of thioether (sulfide) groups is 1. The van der Waals surface area contributed by atoms with Gasteiger partial charge in [0.2, 0.25) is 5.91 Å². The molecule has 4 aromatic rings. The Balaban J connectivity index is 1.22. The summed E-state index contributed by atoms with van der Waals surface area (Å²) >= 11 is 1.31. The van der Waals surface area contributed by atoms with Crippen molar-refractivity contribution < 1.29 is 27.2 Å². The SMILES string of the molecule is CC1CN(C(=O)CCCSc2nnc(-c3ccccc3)n2-c2cccc(C(F)(F)F)c2)CCN1C(=O)c1ccccc1F. The summed E-state index contributed by atoms with van der Waals surface area (Å²) in [6, 6.07) is 19.7. The average molecular weight is 612 g/mol. The molecule has 43 heavy (non-hydrogen) atoms. The Morgan fingerprint density at radius 3 is 2.42 bits per heavy atom. The Bertz CT molecular complexity index is 1590. The third-order valence-corrected chi connectivity index (χ3v) is 8.22. The molecule has 12 heteroatoms. The van der Waals surface area contributed by atoms with Crippen LogP contribution in [0.3, 0.4) is 0 Å². The van der Waals surface area contributed by atoms with Gasteiger partial charge < -0.3 is 9.80 Å². The molecule has 2 heterocycles. The van der Waals surface area contributed by atoms with Crippen LogP contribution in [0.4, 0.5) is 17.6 Å². The van der Waals surface area contributed by atoms with Crippen molar-refractivity contribution in [3.05, 3.63) is 95.8 Å². The van der Waals surface area contributed by atoms with Gasteiger partial charge in [-0.05, 0) is 43.7 Å². The molecule has 1 aromatic heterocycles. The van der Waals surface area contributed by atoms with Gasteiger partial charge in [-0.2, -0.15) is 13.2 Å². The molecule has 5 rings (SSSR count). The molecule has 0 spiro atoms. The van der Waals surface area contributed by atoms with Crippen LogP contribution in [-0.2, 0) is 11.0 Å². The summed E-state index contributed by atoms with van der Waals surface area (Å²) in [6.45, 7) is 2.83. The molecule has 1 saturated heterocycles. The zero-order chi connectivity index (χ0) is 30.6. The summed E-state index contributed by atoms with van der Waals surface area (Å²) < 4.78 is 56.2. The van der Waals surface area contributed by atoms with Crippen LogP contribution in [-0.4, -0.2) is 67.8 Å². The molecule has 1 atom stereocenters. The molecule has 0 radical (unpaired) electrons. The number of amides is 2. The average Bonchev–Trinajstić information content (AvgIpc) is 3.43. The van der Waals surface area contributed by atoms with E-state index in [1.807, 2.05) is 37.3 Å². The standard InChI is InChI=1S/C31H29F4N5O2S/c1-21-20-38(16-17-39(21)29(42)25-13-5-6-14-26(25)32)27(41)15-8-18-43-30-37-36-28(22-9-3-2-4-10-22)40(30)24-12-7-11-23(19-24)31(33,34)35/h2-7,9-14,19,21H,8,15-18,20H2,1H3. The summed E-state index contributed by atoms with van der Waals surface area (Å²) in [5, 5.41) is 8.96. The lowest BCUT2D eigenvalue weighted by Gasteiger charge is -2.40. The quantitative estimate of drug-likeness (QED) is 0.132. The van der Waals surface area contributed by atoms with Gasteiger partial charge in [-0.3, -0.25) is 14.2 Å². The van der Waals surface area contributed by atoms with E-state index >= 15 is 0 Å². The molecule has 7 nitrogen and oxygen atoms in total. The number of hydrogen-bond donors (Lipinski definition) is 0. The maximum absolute atomic E-state index is 14.1. The van der Waals surface area contributed by atoms with Crippen molar-refractivity contribution in [2.75, 3.05) is 25.4 Å². The predicted octanol–water partition coefficient (Wildman–Crippen LogP) is 6.34. The number of piperazine rings is 1. The fraction of sp³-hybridized carbons (Fsp3) is 0.290. The number of hydrogen-bond acceptors (Lipinski definition) is 5. The number of rotatable bonds is 8. The molecular weight excluding hydrogens is 582 g/mol. The molecule has 2 amide bonds. The Hall–Kier alpha value is -4.19. The van der Waals surface area contributed by atoms with Gasteiger partial charge in [-0.1, -0.05) is 60.3 Å². The maximum atomic E-state index is 14.1. The van der Waals surface area contributed by atoms with Gasteiger partial charge in [0.1, 0.15) is 5.82 Å². The van der Waals surface area contributed by atoms with Crippen LogP contribution in [0.2, 0.25) is 0 Å². The lowest BCUT2D eigenvalue weighted by atomic mass is 10.1. The minimum Gasteiger partial charge on any atom is -0.339 e. The molecule has 3 aromatic carbocycles. The van der Waals surface area contributed by atoms with Crippen LogP contribution in [0.15, 0.2) is 84.0 Å². The van der Waals surface area contributed by atoms with Crippen molar-refractivity contribution in [1.82, 2.24) is 24.6 Å². The van der Waals surface area contributed by atoms with E-state index in [4.69, 9.17) is 0 Å². The van der Waals surface area contributed by atoms with Crippen LogP contribution < -0.4 is 0 Å². The number of nitrogens with zero attached hydrogens (tertiary/aromatic N) is 5. The van der Waals surface area contributed by atoms with Gasteiger partial charge in [0.15, 0.2) is 11.0 Å². The molecule has 1 aliphatic heterocycles. The van der Waals surface area contributed by atoms with E-state index in [9.17, 15) is 27.2 Å². The minimum absolute atomic E-state index is 0.0135. The molecule has 1 fully saturated rings. The molecular formula is C31H29F4N5O2S. The number of benzene rings is 3. The second-order valence-electron chi connectivity index (χ2n) is 10.2. The Kier molecular flexibility index (Phi) is 9.14. The molecule has 0 saturated carbocycles. The van der Waals surface area contributed by atoms with E-state index in [0.29, 0.717) is 48.4 Å². The summed E-state index contributed by atoms with van der Waals surface area (Å²) in [6.07, 6.45) is -3.74. The van der Waals surface area contributed by atoms with Crippen molar-refractivity contribution in [2.24, 2.45) is 0 Å². The van der Waals surface area contributed by atoms with E-state index in [2.05, 4.69) is 10.2 Å². The highest BCUT2D eigenvalue weighted by Crippen LogP contribution is 2.33. The van der Waals surface area contributed by atoms with Crippen LogP contribution >= 0.6 is 11.8 Å². The first-order valence-electron chi connectivity index (χ1n) is 13.8. The minimum atomic E-state index is -4.50. The Morgan fingerprint density at radius 2 is 1.70 bits per heavy atom. The molecule has 1 aliphatic rings. The maximum Gasteiger partial charge on any atom is 0.416 e. The second kappa shape index (κ2) is 13.0. The number of aromatic nitrogens is 3. The third-order valence-electron chi connectivity index (χ3n) is 7.21. The lowest BCUT2D eigenvalue weighted by Crippen LogP contribution is -2.55. The fourth-order valence-corrected chi connectivity index (χ4v) is 5.90. The van der Waals surface area contributed by atoms with E-state index in [1.54, 1.807) is 26.5 Å². The third kappa shape index (κ3) is 6.90. The zero-order valence-electron chi connectivity index (χ0n) is 23.3. The zero-order valence-corrected chi connectivity index (χ0v) is 24.1. The van der Waals surface area contributed by atoms with Crippen molar-refractivity contribution in [2.45, 2.75) is 37.1 Å². The number of carbonyl (C=O) groups excluding carboxylic acids is 2. The summed E-state index contributed by atoms with van der Waals surface area (Å²) in [5.41, 5.74) is 0.231. The summed E-state index contributed by atoms with van der Waals surface area (Å²) in [4.78, 5) is 29.1. The van der Waals surface area contributed by atoms with Gasteiger partial charge in [0.05, 0.1) is 16.8 Å². The van der Waals surface area contributed by atoms with Crippen LogP contribution in [0.1, 0.15) is 35.7 Å². The van der Waals surface area contributed by atoms with E-state index in [0.717, 1.165) is 12.1 Å². The molecule has 0 bridgehead atoms. The first-order valence-corrected chi connectivity index (χ1v) is 14.8. The summed E-state index contributed by atoms with van der Waals surface area (Å²) in [7, 11) is 0. The fourth-order valence-electron chi connectivity index (χ4n) is 5.01. The monoisotopic (exact) mass is 611 g/mol. The molecule has 224 valence electrons. The summed E-state index contributed by atoms with van der Waals surface area (Å²) in [5.74, 6) is -0.131. The highest BCUT2D eigenvalue weighted by Gasteiger charge is 2.32. The molecule has 1 unspecified atom stereocenters. The number of carbonyl (C=O) groups is 2. The lowest BCUT2D eigenvalue weighted by molar-refractivity contribution is -0.137. The van der Waals surface area contributed by atoms with Crippen molar-refractivity contribution in [3.63, 3.8) is 0 Å². The van der Waals surface area contributed by atoms with Gasteiger partial charge in [0.25, 0.3) is 5.91 Å². The van der Waals surface area contributed by atoms with Gasteiger partial charge in [-0.25, -0.2) is 4.39 Å². The number of alkyl halides is 3. The topological polar surface area (TPSA) is 71.3 Å². The van der Waals surface area contributed by atoms with Crippen LogP contribution in [0.25, 0.3) is 17.1 Å². The normalized spacial score (nSPS) is 15.5. The van der Waals surface area contributed by atoms with Gasteiger partial charge >= 0.3 is 6.18 Å². The van der Waals surface area contributed by atoms with E-state index < -0.39 is 23.5 Å². The number of halogens is 4. The van der Waals surface area contributed by atoms with E-state index in [1.165, 1.54) is 36.0 Å². The van der Waals surface area contributed by atoms with Crippen molar-refractivity contribution in [3.8, 4) is 17.1 Å². The first kappa shape index (κ1) is 30.3.